The number of ether oxygens (including phenoxy) is 1. The van der Waals surface area contributed by atoms with Gasteiger partial charge in [0.15, 0.2) is 0 Å². The quantitative estimate of drug-likeness (QED) is 0.683. The van der Waals surface area contributed by atoms with Crippen LogP contribution in [-0.4, -0.2) is 59.9 Å². The van der Waals surface area contributed by atoms with Gasteiger partial charge >= 0.3 is 5.97 Å². The third kappa shape index (κ3) is 5.24. The second-order valence-electron chi connectivity index (χ2n) is 6.26. The summed E-state index contributed by atoms with van der Waals surface area (Å²) in [5, 5.41) is 12.8. The molecule has 1 aliphatic rings. The fourth-order valence-corrected chi connectivity index (χ4v) is 2.96. The van der Waals surface area contributed by atoms with Crippen molar-refractivity contribution >= 4 is 5.97 Å². The van der Waals surface area contributed by atoms with Crippen molar-refractivity contribution in [1.82, 2.24) is 10.2 Å². The maximum Gasteiger partial charge on any atom is 0.323 e. The molecule has 0 aliphatic carbocycles. The lowest BCUT2D eigenvalue weighted by Gasteiger charge is -2.37. The van der Waals surface area contributed by atoms with E-state index in [1.807, 2.05) is 6.92 Å². The van der Waals surface area contributed by atoms with Crippen molar-refractivity contribution in [1.29, 1.82) is 0 Å². The van der Waals surface area contributed by atoms with Gasteiger partial charge in [0.05, 0.1) is 12.7 Å². The average molecular weight is 300 g/mol. The van der Waals surface area contributed by atoms with Crippen molar-refractivity contribution in [2.45, 2.75) is 71.1 Å². The van der Waals surface area contributed by atoms with Crippen molar-refractivity contribution in [3.05, 3.63) is 0 Å². The summed E-state index contributed by atoms with van der Waals surface area (Å²) >= 11 is 0. The first-order valence-electron chi connectivity index (χ1n) is 8.29. The van der Waals surface area contributed by atoms with Gasteiger partial charge in [-0.1, -0.05) is 13.8 Å². The number of morpholine rings is 1. The van der Waals surface area contributed by atoms with E-state index in [0.29, 0.717) is 18.9 Å². The van der Waals surface area contributed by atoms with Gasteiger partial charge in [0.1, 0.15) is 5.54 Å². The second-order valence-corrected chi connectivity index (χ2v) is 6.26. The van der Waals surface area contributed by atoms with Crippen LogP contribution in [0.4, 0.5) is 0 Å². The highest BCUT2D eigenvalue weighted by Gasteiger charge is 2.35. The average Bonchev–Trinajstić information content (AvgIpc) is 2.46. The molecule has 2 N–H and O–H groups in total. The molecule has 21 heavy (non-hydrogen) atoms. The van der Waals surface area contributed by atoms with Gasteiger partial charge in [-0.3, -0.25) is 9.69 Å². The standard InChI is InChI=1S/C16H32N2O3/c1-5-9-17-16(6-2,15(19)20)8-7-10-18-11-14(4)21-12-13(18)3/h13-14,17H,5-12H2,1-4H3,(H,19,20). The maximum atomic E-state index is 11.7. The number of hydrogen-bond acceptors (Lipinski definition) is 4. The molecule has 124 valence electrons. The number of carboxylic acid groups (broad SMARTS) is 1. The van der Waals surface area contributed by atoms with Crippen molar-refractivity contribution < 1.29 is 14.6 Å². The van der Waals surface area contributed by atoms with Crippen LogP contribution in [0.1, 0.15) is 53.4 Å². The summed E-state index contributed by atoms with van der Waals surface area (Å²) in [6.45, 7) is 11.7. The number of hydrogen-bond donors (Lipinski definition) is 2. The molecule has 0 radical (unpaired) electrons. The van der Waals surface area contributed by atoms with Gasteiger partial charge in [0, 0.05) is 12.6 Å². The highest BCUT2D eigenvalue weighted by molar-refractivity contribution is 5.78. The summed E-state index contributed by atoms with van der Waals surface area (Å²) in [4.78, 5) is 14.1. The van der Waals surface area contributed by atoms with Crippen LogP contribution < -0.4 is 5.32 Å². The lowest BCUT2D eigenvalue weighted by molar-refractivity contribution is -0.145. The zero-order valence-electron chi connectivity index (χ0n) is 14.0. The van der Waals surface area contributed by atoms with E-state index >= 15 is 0 Å². The predicted octanol–water partition coefficient (Wildman–Crippen LogP) is 2.11. The number of carboxylic acids is 1. The van der Waals surface area contributed by atoms with Crippen molar-refractivity contribution in [3.8, 4) is 0 Å². The first-order valence-corrected chi connectivity index (χ1v) is 8.29. The number of nitrogens with one attached hydrogen (secondary N) is 1. The molecular weight excluding hydrogens is 268 g/mol. The Morgan fingerprint density at radius 2 is 2.14 bits per heavy atom. The normalized spacial score (nSPS) is 26.5. The summed E-state index contributed by atoms with van der Waals surface area (Å²) < 4.78 is 5.63. The van der Waals surface area contributed by atoms with Crippen molar-refractivity contribution in [3.63, 3.8) is 0 Å². The fraction of sp³-hybridized carbons (Fsp3) is 0.938. The summed E-state index contributed by atoms with van der Waals surface area (Å²) in [5.74, 6) is -0.721. The largest absolute Gasteiger partial charge is 0.480 e. The smallest absolute Gasteiger partial charge is 0.323 e. The van der Waals surface area contributed by atoms with Crippen molar-refractivity contribution in [2.24, 2.45) is 0 Å². The molecule has 1 fully saturated rings. The number of rotatable bonds is 9. The molecule has 3 atom stereocenters. The number of aliphatic carboxylic acids is 1. The lowest BCUT2D eigenvalue weighted by Crippen LogP contribution is -2.53. The minimum atomic E-state index is -0.767. The molecular formula is C16H32N2O3. The molecule has 5 nitrogen and oxygen atoms in total. The van der Waals surface area contributed by atoms with Gasteiger partial charge in [-0.25, -0.2) is 0 Å². The molecule has 0 amide bonds. The molecule has 0 aromatic rings. The molecule has 0 aromatic carbocycles. The van der Waals surface area contributed by atoms with E-state index in [9.17, 15) is 9.90 Å². The molecule has 0 spiro atoms. The third-order valence-electron chi connectivity index (χ3n) is 4.51. The van der Waals surface area contributed by atoms with E-state index in [-0.39, 0.29) is 6.10 Å². The Bertz CT molecular complexity index is 325. The van der Waals surface area contributed by atoms with Gasteiger partial charge in [0.25, 0.3) is 0 Å². The lowest BCUT2D eigenvalue weighted by atomic mass is 9.90. The third-order valence-corrected chi connectivity index (χ3v) is 4.51. The summed E-state index contributed by atoms with van der Waals surface area (Å²) in [5.41, 5.74) is -0.767. The molecule has 1 saturated heterocycles. The Hall–Kier alpha value is -0.650. The first-order chi connectivity index (χ1) is 9.95. The predicted molar refractivity (Wildman–Crippen MR) is 84.6 cm³/mol. The first kappa shape index (κ1) is 18.4. The van der Waals surface area contributed by atoms with E-state index in [2.05, 4.69) is 31.0 Å². The number of nitrogens with zero attached hydrogens (tertiary/aromatic N) is 1. The Kier molecular flexibility index (Phi) is 7.63. The number of carbonyl (C=O) groups is 1. The van der Waals surface area contributed by atoms with Crippen LogP contribution in [0.15, 0.2) is 0 Å². The monoisotopic (exact) mass is 300 g/mol. The van der Waals surface area contributed by atoms with E-state index in [1.165, 1.54) is 0 Å². The van der Waals surface area contributed by atoms with Gasteiger partial charge in [0.2, 0.25) is 0 Å². The highest BCUT2D eigenvalue weighted by Crippen LogP contribution is 2.20. The van der Waals surface area contributed by atoms with Gasteiger partial charge in [-0.15, -0.1) is 0 Å². The van der Waals surface area contributed by atoms with E-state index in [1.54, 1.807) is 0 Å². The van der Waals surface area contributed by atoms with E-state index in [0.717, 1.165) is 39.1 Å². The van der Waals surface area contributed by atoms with Crippen LogP contribution in [0.25, 0.3) is 0 Å². The molecule has 0 bridgehead atoms. The SMILES string of the molecule is CCCNC(CC)(CCCN1CC(C)OCC1C)C(=O)O. The van der Waals surface area contributed by atoms with Crippen LogP contribution in [-0.2, 0) is 9.53 Å². The Morgan fingerprint density at radius 3 is 2.71 bits per heavy atom. The molecule has 5 heteroatoms. The Labute approximate surface area is 129 Å². The molecule has 0 aromatic heterocycles. The zero-order valence-corrected chi connectivity index (χ0v) is 14.0. The van der Waals surface area contributed by atoms with Crippen LogP contribution in [0, 0.1) is 0 Å². The van der Waals surface area contributed by atoms with E-state index < -0.39 is 11.5 Å². The molecule has 1 aliphatic heterocycles. The van der Waals surface area contributed by atoms with Crippen LogP contribution in [0.5, 0.6) is 0 Å². The van der Waals surface area contributed by atoms with Crippen molar-refractivity contribution in [2.75, 3.05) is 26.2 Å². The minimum absolute atomic E-state index is 0.273. The Balaban J connectivity index is 2.50. The molecule has 0 saturated carbocycles. The maximum absolute atomic E-state index is 11.7. The van der Waals surface area contributed by atoms with Gasteiger partial charge < -0.3 is 15.2 Å². The summed E-state index contributed by atoms with van der Waals surface area (Å²) in [6.07, 6.45) is 3.42. The van der Waals surface area contributed by atoms with E-state index in [4.69, 9.17) is 4.74 Å². The van der Waals surface area contributed by atoms with Crippen LogP contribution in [0.3, 0.4) is 0 Å². The molecule has 3 unspecified atom stereocenters. The van der Waals surface area contributed by atoms with Crippen LogP contribution in [0.2, 0.25) is 0 Å². The second kappa shape index (κ2) is 8.71. The van der Waals surface area contributed by atoms with Gasteiger partial charge in [-0.2, -0.15) is 0 Å². The Morgan fingerprint density at radius 1 is 1.43 bits per heavy atom. The molecule has 1 rings (SSSR count). The summed E-state index contributed by atoms with van der Waals surface area (Å²) in [7, 11) is 0. The highest BCUT2D eigenvalue weighted by atomic mass is 16.5. The van der Waals surface area contributed by atoms with Crippen LogP contribution >= 0.6 is 0 Å². The fourth-order valence-electron chi connectivity index (χ4n) is 2.96. The topological polar surface area (TPSA) is 61.8 Å². The summed E-state index contributed by atoms with van der Waals surface area (Å²) in [6, 6.07) is 0.422. The minimum Gasteiger partial charge on any atom is -0.480 e. The molecule has 1 heterocycles. The zero-order chi connectivity index (χ0) is 15.9. The van der Waals surface area contributed by atoms with Gasteiger partial charge in [-0.05, 0) is 52.6 Å².